The molecule has 22 heavy (non-hydrogen) atoms. The van der Waals surface area contributed by atoms with E-state index in [0.29, 0.717) is 11.4 Å². The minimum absolute atomic E-state index is 0.0929. The molecule has 0 aliphatic carbocycles. The van der Waals surface area contributed by atoms with E-state index in [0.717, 1.165) is 16.8 Å². The van der Waals surface area contributed by atoms with Gasteiger partial charge in [0.25, 0.3) is 0 Å². The number of hydrogen-bond donors (Lipinski definition) is 2. The lowest BCUT2D eigenvalue weighted by Gasteiger charge is -2.24. The lowest BCUT2D eigenvalue weighted by Crippen LogP contribution is -2.34. The fourth-order valence-corrected chi connectivity index (χ4v) is 2.37. The third kappa shape index (κ3) is 3.87. The minimum atomic E-state index is -0.686. The number of halogens is 1. The van der Waals surface area contributed by atoms with Crippen LogP contribution in [0.25, 0.3) is 0 Å². The maximum atomic E-state index is 12.6. The number of anilines is 1. The number of hydrogen-bond acceptors (Lipinski definition) is 2. The van der Waals surface area contributed by atoms with Gasteiger partial charge >= 0.3 is 0 Å². The second-order valence-corrected chi connectivity index (χ2v) is 6.20. The molecule has 0 saturated carbocycles. The fourth-order valence-electron chi connectivity index (χ4n) is 2.18. The normalized spacial score (nSPS) is 11.3. The summed E-state index contributed by atoms with van der Waals surface area (Å²) in [5, 5.41) is 12.5. The predicted molar refractivity (Wildman–Crippen MR) is 90.3 cm³/mol. The summed E-state index contributed by atoms with van der Waals surface area (Å²) in [5.41, 5.74) is 1.96. The van der Waals surface area contributed by atoms with Gasteiger partial charge in [0.2, 0.25) is 5.91 Å². The number of aliphatic hydroxyl groups is 1. The summed E-state index contributed by atoms with van der Waals surface area (Å²) in [5.74, 6) is -0.0929. The average Bonchev–Trinajstić information content (AvgIpc) is 2.49. The number of carbonyl (C=O) groups is 1. The Labute approximate surface area is 135 Å². The Balaban J connectivity index is 2.13. The highest BCUT2D eigenvalue weighted by molar-refractivity contribution is 6.30. The Hall–Kier alpha value is -1.84. The second kappa shape index (κ2) is 6.95. The molecule has 0 heterocycles. The molecule has 116 valence electrons. The highest BCUT2D eigenvalue weighted by atomic mass is 35.5. The smallest absolute Gasteiger partial charge is 0.234 e. The van der Waals surface area contributed by atoms with Crippen LogP contribution in [0, 0.1) is 0 Å². The van der Waals surface area contributed by atoms with E-state index in [1.807, 2.05) is 56.3 Å². The maximum absolute atomic E-state index is 12.6. The number of rotatable bonds is 5. The van der Waals surface area contributed by atoms with Crippen molar-refractivity contribution in [1.29, 1.82) is 0 Å². The SMILES string of the molecule is CC(C)(C(=O)Nc1ccc(CCO)cc1)c1cccc(Cl)c1. The van der Waals surface area contributed by atoms with Crippen molar-refractivity contribution >= 4 is 23.2 Å². The van der Waals surface area contributed by atoms with Crippen molar-refractivity contribution in [2.24, 2.45) is 0 Å². The summed E-state index contributed by atoms with van der Waals surface area (Å²) in [6, 6.07) is 14.8. The van der Waals surface area contributed by atoms with Crippen LogP contribution in [-0.2, 0) is 16.6 Å². The van der Waals surface area contributed by atoms with E-state index in [4.69, 9.17) is 16.7 Å². The Morgan fingerprint density at radius 2 is 1.86 bits per heavy atom. The van der Waals surface area contributed by atoms with E-state index >= 15 is 0 Å². The largest absolute Gasteiger partial charge is 0.396 e. The van der Waals surface area contributed by atoms with Gasteiger partial charge in [0.1, 0.15) is 0 Å². The van der Waals surface area contributed by atoms with Gasteiger partial charge in [0.15, 0.2) is 0 Å². The quantitative estimate of drug-likeness (QED) is 0.881. The zero-order valence-electron chi connectivity index (χ0n) is 12.8. The summed E-state index contributed by atoms with van der Waals surface area (Å²) >= 11 is 6.01. The van der Waals surface area contributed by atoms with E-state index in [1.165, 1.54) is 0 Å². The minimum Gasteiger partial charge on any atom is -0.396 e. The molecular weight excluding hydrogens is 298 g/mol. The molecule has 0 aromatic heterocycles. The Morgan fingerprint density at radius 3 is 2.45 bits per heavy atom. The van der Waals surface area contributed by atoms with Crippen molar-refractivity contribution in [1.82, 2.24) is 0 Å². The van der Waals surface area contributed by atoms with Gasteiger partial charge in [-0.1, -0.05) is 35.9 Å². The maximum Gasteiger partial charge on any atom is 0.234 e. The molecule has 0 fully saturated rings. The van der Waals surface area contributed by atoms with Crippen molar-refractivity contribution in [3.63, 3.8) is 0 Å². The van der Waals surface area contributed by atoms with Crippen LogP contribution in [0.5, 0.6) is 0 Å². The van der Waals surface area contributed by atoms with Gasteiger partial charge in [-0.3, -0.25) is 4.79 Å². The number of aliphatic hydroxyl groups excluding tert-OH is 1. The number of carbonyl (C=O) groups excluding carboxylic acids is 1. The van der Waals surface area contributed by atoms with Crippen LogP contribution in [0.4, 0.5) is 5.69 Å². The standard InChI is InChI=1S/C18H20ClNO2/c1-18(2,14-4-3-5-15(19)12-14)17(22)20-16-8-6-13(7-9-16)10-11-21/h3-9,12,21H,10-11H2,1-2H3,(H,20,22). The van der Waals surface area contributed by atoms with Crippen molar-refractivity contribution in [2.45, 2.75) is 25.7 Å². The van der Waals surface area contributed by atoms with Gasteiger partial charge in [-0.2, -0.15) is 0 Å². The van der Waals surface area contributed by atoms with Crippen molar-refractivity contribution < 1.29 is 9.90 Å². The monoisotopic (exact) mass is 317 g/mol. The molecule has 3 nitrogen and oxygen atoms in total. The number of nitrogens with one attached hydrogen (secondary N) is 1. The first kappa shape index (κ1) is 16.5. The summed E-state index contributed by atoms with van der Waals surface area (Å²) in [6.07, 6.45) is 0.613. The number of amides is 1. The lowest BCUT2D eigenvalue weighted by atomic mass is 9.83. The summed E-state index contributed by atoms with van der Waals surface area (Å²) in [7, 11) is 0. The van der Waals surface area contributed by atoms with Crippen LogP contribution in [0.3, 0.4) is 0 Å². The van der Waals surface area contributed by atoms with Gasteiger partial charge in [0.05, 0.1) is 5.41 Å². The first-order valence-electron chi connectivity index (χ1n) is 7.21. The van der Waals surface area contributed by atoms with Gasteiger partial charge < -0.3 is 10.4 Å². The van der Waals surface area contributed by atoms with E-state index in [-0.39, 0.29) is 12.5 Å². The molecule has 2 aromatic rings. The molecule has 0 radical (unpaired) electrons. The van der Waals surface area contributed by atoms with Crippen molar-refractivity contribution in [3.05, 3.63) is 64.7 Å². The molecule has 0 saturated heterocycles. The third-order valence-corrected chi connectivity index (χ3v) is 3.96. The molecule has 0 aliphatic rings. The first-order chi connectivity index (χ1) is 10.4. The zero-order chi connectivity index (χ0) is 16.2. The molecule has 4 heteroatoms. The van der Waals surface area contributed by atoms with Gasteiger partial charge in [-0.05, 0) is 55.7 Å². The van der Waals surface area contributed by atoms with Crippen LogP contribution < -0.4 is 5.32 Å². The van der Waals surface area contributed by atoms with E-state index in [1.54, 1.807) is 6.07 Å². The van der Waals surface area contributed by atoms with Crippen LogP contribution in [0.2, 0.25) is 5.02 Å². The molecule has 0 unspecified atom stereocenters. The molecular formula is C18H20ClNO2. The molecule has 2 N–H and O–H groups in total. The van der Waals surface area contributed by atoms with Crippen LogP contribution in [0.15, 0.2) is 48.5 Å². The fraction of sp³-hybridized carbons (Fsp3) is 0.278. The van der Waals surface area contributed by atoms with Crippen LogP contribution in [0.1, 0.15) is 25.0 Å². The average molecular weight is 318 g/mol. The summed E-state index contributed by atoms with van der Waals surface area (Å²) in [4.78, 5) is 12.6. The van der Waals surface area contributed by atoms with Crippen LogP contribution in [-0.4, -0.2) is 17.6 Å². The molecule has 0 atom stereocenters. The molecule has 0 spiro atoms. The number of benzene rings is 2. The van der Waals surface area contributed by atoms with E-state index in [9.17, 15) is 4.79 Å². The highest BCUT2D eigenvalue weighted by Gasteiger charge is 2.29. The molecule has 0 bridgehead atoms. The van der Waals surface area contributed by atoms with Crippen molar-refractivity contribution in [2.75, 3.05) is 11.9 Å². The Morgan fingerprint density at radius 1 is 1.18 bits per heavy atom. The third-order valence-electron chi connectivity index (χ3n) is 3.73. The topological polar surface area (TPSA) is 49.3 Å². The van der Waals surface area contributed by atoms with E-state index in [2.05, 4.69) is 5.32 Å². The predicted octanol–water partition coefficient (Wildman–Crippen LogP) is 3.79. The van der Waals surface area contributed by atoms with Gasteiger partial charge in [-0.15, -0.1) is 0 Å². The molecule has 2 rings (SSSR count). The lowest BCUT2D eigenvalue weighted by molar-refractivity contribution is -0.120. The highest BCUT2D eigenvalue weighted by Crippen LogP contribution is 2.27. The van der Waals surface area contributed by atoms with Gasteiger partial charge in [0, 0.05) is 17.3 Å². The van der Waals surface area contributed by atoms with Gasteiger partial charge in [-0.25, -0.2) is 0 Å². The van der Waals surface area contributed by atoms with Crippen molar-refractivity contribution in [3.8, 4) is 0 Å². The first-order valence-corrected chi connectivity index (χ1v) is 7.58. The summed E-state index contributed by atoms with van der Waals surface area (Å²) < 4.78 is 0. The summed E-state index contributed by atoms with van der Waals surface area (Å²) in [6.45, 7) is 3.86. The molecule has 2 aromatic carbocycles. The Kier molecular flexibility index (Phi) is 5.22. The van der Waals surface area contributed by atoms with E-state index < -0.39 is 5.41 Å². The zero-order valence-corrected chi connectivity index (χ0v) is 13.5. The second-order valence-electron chi connectivity index (χ2n) is 5.76. The van der Waals surface area contributed by atoms with Crippen LogP contribution >= 0.6 is 11.6 Å². The Bertz CT molecular complexity index is 650. The molecule has 1 amide bonds. The molecule has 0 aliphatic heterocycles.